The Morgan fingerprint density at radius 3 is 2.64 bits per heavy atom. The molecule has 28 heavy (non-hydrogen) atoms. The van der Waals surface area contributed by atoms with Crippen molar-refractivity contribution in [2.75, 3.05) is 11.4 Å². The topological polar surface area (TPSA) is 59.2 Å². The molecule has 0 aliphatic heterocycles. The number of carbonyl (C=O) groups is 1. The number of aromatic nitrogens is 2. The van der Waals surface area contributed by atoms with E-state index in [1.807, 2.05) is 50.2 Å². The van der Waals surface area contributed by atoms with Gasteiger partial charge in [-0.25, -0.2) is 9.97 Å². The van der Waals surface area contributed by atoms with Crippen molar-refractivity contribution < 1.29 is 9.21 Å². The summed E-state index contributed by atoms with van der Waals surface area (Å²) in [6, 6.07) is 13.2. The summed E-state index contributed by atoms with van der Waals surface area (Å²) in [5, 5.41) is 0.926. The summed E-state index contributed by atoms with van der Waals surface area (Å²) in [5.41, 5.74) is 2.57. The van der Waals surface area contributed by atoms with E-state index in [9.17, 15) is 4.79 Å². The highest BCUT2D eigenvalue weighted by molar-refractivity contribution is 7.20. The lowest BCUT2D eigenvalue weighted by molar-refractivity contribution is 0.0993. The van der Waals surface area contributed by atoms with Crippen molar-refractivity contribution in [3.05, 3.63) is 77.5 Å². The molecule has 4 aromatic rings. The summed E-state index contributed by atoms with van der Waals surface area (Å²) < 4.78 is 5.43. The number of benzene rings is 1. The van der Waals surface area contributed by atoms with Crippen molar-refractivity contribution in [1.82, 2.24) is 9.97 Å². The number of nitrogens with zero attached hydrogens (tertiary/aromatic N) is 3. The lowest BCUT2D eigenvalue weighted by atomic mass is 10.1. The van der Waals surface area contributed by atoms with Crippen LogP contribution in [-0.2, 0) is 0 Å². The van der Waals surface area contributed by atoms with Gasteiger partial charge in [0, 0.05) is 17.6 Å². The highest BCUT2D eigenvalue weighted by Crippen LogP contribution is 2.34. The molecule has 0 aliphatic carbocycles. The predicted octanol–water partition coefficient (Wildman–Crippen LogP) is 5.40. The van der Waals surface area contributed by atoms with E-state index in [1.165, 1.54) is 11.3 Å². The minimum absolute atomic E-state index is 0.0643. The SMILES string of the molecule is C=CCN(C(=O)c1sc2nc(-c3ccco3)nc(C)c2c1C)c1ccccc1. The molecule has 140 valence electrons. The number of carbonyl (C=O) groups excluding carboxylic acids is 1. The first kappa shape index (κ1) is 18.1. The predicted molar refractivity (Wildman–Crippen MR) is 113 cm³/mol. The van der Waals surface area contributed by atoms with E-state index in [-0.39, 0.29) is 5.91 Å². The van der Waals surface area contributed by atoms with Gasteiger partial charge in [-0.1, -0.05) is 24.3 Å². The molecule has 0 saturated heterocycles. The number of thiophene rings is 1. The molecule has 4 rings (SSSR count). The summed E-state index contributed by atoms with van der Waals surface area (Å²) in [4.78, 5) is 25.8. The molecule has 1 aromatic carbocycles. The van der Waals surface area contributed by atoms with Crippen LogP contribution < -0.4 is 4.90 Å². The van der Waals surface area contributed by atoms with Crippen molar-refractivity contribution >= 4 is 33.1 Å². The Hall–Kier alpha value is -3.25. The van der Waals surface area contributed by atoms with Crippen LogP contribution in [-0.4, -0.2) is 22.4 Å². The lowest BCUT2D eigenvalue weighted by Gasteiger charge is -2.21. The van der Waals surface area contributed by atoms with Crippen LogP contribution in [0.2, 0.25) is 0 Å². The Morgan fingerprint density at radius 2 is 1.96 bits per heavy atom. The van der Waals surface area contributed by atoms with E-state index < -0.39 is 0 Å². The number of rotatable bonds is 5. The number of aryl methyl sites for hydroxylation is 2. The minimum atomic E-state index is -0.0643. The van der Waals surface area contributed by atoms with Gasteiger partial charge < -0.3 is 9.32 Å². The van der Waals surface area contributed by atoms with Crippen LogP contribution in [0.4, 0.5) is 5.69 Å². The molecule has 3 aromatic heterocycles. The smallest absolute Gasteiger partial charge is 0.269 e. The van der Waals surface area contributed by atoms with Crippen LogP contribution in [0.1, 0.15) is 20.9 Å². The van der Waals surface area contributed by atoms with Crippen LogP contribution in [0, 0.1) is 13.8 Å². The largest absolute Gasteiger partial charge is 0.461 e. The Bertz CT molecular complexity index is 1150. The molecule has 0 unspecified atom stereocenters. The van der Waals surface area contributed by atoms with Gasteiger partial charge in [-0.15, -0.1) is 17.9 Å². The molecule has 6 heteroatoms. The number of furan rings is 1. The fraction of sp³-hybridized carbons (Fsp3) is 0.136. The second-order valence-corrected chi connectivity index (χ2v) is 7.39. The highest BCUT2D eigenvalue weighted by atomic mass is 32.1. The number of hydrogen-bond donors (Lipinski definition) is 0. The van der Waals surface area contributed by atoms with Gasteiger partial charge in [0.25, 0.3) is 5.91 Å². The highest BCUT2D eigenvalue weighted by Gasteiger charge is 2.24. The maximum atomic E-state index is 13.4. The molecule has 5 nitrogen and oxygen atoms in total. The van der Waals surface area contributed by atoms with E-state index in [1.54, 1.807) is 23.3 Å². The van der Waals surface area contributed by atoms with E-state index in [4.69, 9.17) is 4.42 Å². The first-order valence-electron chi connectivity index (χ1n) is 8.89. The van der Waals surface area contributed by atoms with E-state index in [2.05, 4.69) is 16.5 Å². The number of amides is 1. The standard InChI is InChI=1S/C22H19N3O2S/c1-4-12-25(16-9-6-5-7-10-16)22(26)19-14(2)18-15(3)23-20(24-21(18)28-19)17-11-8-13-27-17/h4-11,13H,1,12H2,2-3H3. The minimum Gasteiger partial charge on any atom is -0.461 e. The van der Waals surface area contributed by atoms with Gasteiger partial charge in [0.15, 0.2) is 11.6 Å². The number of hydrogen-bond acceptors (Lipinski definition) is 5. The van der Waals surface area contributed by atoms with Crippen molar-refractivity contribution in [3.63, 3.8) is 0 Å². The van der Waals surface area contributed by atoms with E-state index in [0.717, 1.165) is 27.2 Å². The lowest BCUT2D eigenvalue weighted by Crippen LogP contribution is -2.30. The molecule has 0 atom stereocenters. The first-order chi connectivity index (χ1) is 13.6. The fourth-order valence-corrected chi connectivity index (χ4v) is 4.41. The second-order valence-electron chi connectivity index (χ2n) is 6.39. The van der Waals surface area contributed by atoms with E-state index >= 15 is 0 Å². The van der Waals surface area contributed by atoms with Crippen LogP contribution in [0.25, 0.3) is 21.8 Å². The molecule has 1 amide bonds. The zero-order valence-electron chi connectivity index (χ0n) is 15.7. The van der Waals surface area contributed by atoms with Gasteiger partial charge in [0.2, 0.25) is 0 Å². The molecule has 0 spiro atoms. The molecule has 0 fully saturated rings. The second kappa shape index (κ2) is 7.40. The third-order valence-corrected chi connectivity index (χ3v) is 5.71. The summed E-state index contributed by atoms with van der Waals surface area (Å²) in [7, 11) is 0. The Morgan fingerprint density at radius 1 is 1.18 bits per heavy atom. The molecule has 0 aliphatic rings. The first-order valence-corrected chi connectivity index (χ1v) is 9.71. The summed E-state index contributed by atoms with van der Waals surface area (Å²) in [6.45, 7) is 8.11. The van der Waals surface area contributed by atoms with Crippen molar-refractivity contribution in [1.29, 1.82) is 0 Å². The van der Waals surface area contributed by atoms with Gasteiger partial charge in [0.1, 0.15) is 4.83 Å². The normalized spacial score (nSPS) is 10.9. The molecule has 0 N–H and O–H groups in total. The third-order valence-electron chi connectivity index (χ3n) is 4.53. The fourth-order valence-electron chi connectivity index (χ4n) is 3.22. The van der Waals surface area contributed by atoms with Crippen LogP contribution in [0.5, 0.6) is 0 Å². The van der Waals surface area contributed by atoms with Crippen molar-refractivity contribution in [2.45, 2.75) is 13.8 Å². The van der Waals surface area contributed by atoms with Gasteiger partial charge in [0.05, 0.1) is 16.8 Å². The Kier molecular flexibility index (Phi) is 4.79. The number of para-hydroxylation sites is 1. The quantitative estimate of drug-likeness (QED) is 0.429. The molecule has 3 heterocycles. The average Bonchev–Trinajstić information content (AvgIpc) is 3.35. The Balaban J connectivity index is 1.82. The van der Waals surface area contributed by atoms with Gasteiger partial charge >= 0.3 is 0 Å². The van der Waals surface area contributed by atoms with Gasteiger partial charge in [-0.05, 0) is 43.7 Å². The van der Waals surface area contributed by atoms with Gasteiger partial charge in [-0.3, -0.25) is 4.79 Å². The van der Waals surface area contributed by atoms with E-state index in [0.29, 0.717) is 23.0 Å². The number of anilines is 1. The zero-order valence-corrected chi connectivity index (χ0v) is 16.5. The summed E-state index contributed by atoms with van der Waals surface area (Å²) >= 11 is 1.39. The summed E-state index contributed by atoms with van der Waals surface area (Å²) in [6.07, 6.45) is 3.33. The summed E-state index contributed by atoms with van der Waals surface area (Å²) in [5.74, 6) is 1.08. The molecular formula is C22H19N3O2S. The molecular weight excluding hydrogens is 370 g/mol. The monoisotopic (exact) mass is 389 g/mol. The van der Waals surface area contributed by atoms with Crippen LogP contribution in [0.3, 0.4) is 0 Å². The maximum Gasteiger partial charge on any atom is 0.269 e. The average molecular weight is 389 g/mol. The molecule has 0 saturated carbocycles. The zero-order chi connectivity index (χ0) is 19.7. The van der Waals surface area contributed by atoms with Crippen LogP contribution >= 0.6 is 11.3 Å². The molecule has 0 bridgehead atoms. The van der Waals surface area contributed by atoms with Gasteiger partial charge in [-0.2, -0.15) is 0 Å². The number of fused-ring (bicyclic) bond motifs is 1. The van der Waals surface area contributed by atoms with Crippen molar-refractivity contribution in [3.8, 4) is 11.6 Å². The third kappa shape index (κ3) is 3.12. The molecule has 0 radical (unpaired) electrons. The maximum absolute atomic E-state index is 13.4. The Labute approximate surface area is 167 Å². The van der Waals surface area contributed by atoms with Crippen LogP contribution in [0.15, 0.2) is 65.8 Å². The van der Waals surface area contributed by atoms with Crippen molar-refractivity contribution in [2.24, 2.45) is 0 Å².